The van der Waals surface area contributed by atoms with Crippen molar-refractivity contribution in [3.05, 3.63) is 28.5 Å². The molecule has 0 heterocycles. The second-order valence-electron chi connectivity index (χ2n) is 4.45. The first-order valence-corrected chi connectivity index (χ1v) is 5.86. The van der Waals surface area contributed by atoms with Crippen molar-refractivity contribution in [2.24, 2.45) is 5.73 Å². The number of rotatable bonds is 2. The number of halogens is 2. The summed E-state index contributed by atoms with van der Waals surface area (Å²) in [6.45, 7) is 0.368. The average Bonchev–Trinajstić information content (AvgIpc) is 2.74. The highest BCUT2D eigenvalue weighted by atomic mass is 35.5. The van der Waals surface area contributed by atoms with Crippen molar-refractivity contribution < 1.29 is 9.50 Å². The van der Waals surface area contributed by atoms with E-state index in [-0.39, 0.29) is 22.0 Å². The fourth-order valence-electron chi connectivity index (χ4n) is 2.64. The van der Waals surface area contributed by atoms with Crippen LogP contribution in [0.2, 0.25) is 5.02 Å². The molecule has 1 aliphatic rings. The molecule has 2 nitrogen and oxygen atoms in total. The van der Waals surface area contributed by atoms with Gasteiger partial charge in [-0.15, -0.1) is 0 Å². The molecule has 0 radical (unpaired) electrons. The first kappa shape index (κ1) is 11.7. The summed E-state index contributed by atoms with van der Waals surface area (Å²) in [7, 11) is 0. The first-order chi connectivity index (χ1) is 7.60. The summed E-state index contributed by atoms with van der Waals surface area (Å²) in [5.41, 5.74) is 5.79. The highest BCUT2D eigenvalue weighted by molar-refractivity contribution is 6.32. The fourth-order valence-corrected chi connectivity index (χ4v) is 2.99. The van der Waals surface area contributed by atoms with Gasteiger partial charge < -0.3 is 10.8 Å². The van der Waals surface area contributed by atoms with E-state index in [1.54, 1.807) is 0 Å². The predicted molar refractivity (Wildman–Crippen MR) is 62.3 cm³/mol. The maximum Gasteiger partial charge on any atom is 0.134 e. The van der Waals surface area contributed by atoms with Gasteiger partial charge in [-0.25, -0.2) is 4.39 Å². The Morgan fingerprint density at radius 3 is 2.56 bits per heavy atom. The molecule has 1 saturated carbocycles. The zero-order valence-corrected chi connectivity index (χ0v) is 9.73. The molecule has 4 heteroatoms. The van der Waals surface area contributed by atoms with Crippen LogP contribution >= 0.6 is 11.6 Å². The van der Waals surface area contributed by atoms with Crippen LogP contribution in [-0.2, 0) is 5.41 Å². The minimum absolute atomic E-state index is 0.0715. The number of aromatic hydroxyl groups is 1. The van der Waals surface area contributed by atoms with Gasteiger partial charge in [-0.3, -0.25) is 0 Å². The molecule has 0 aliphatic heterocycles. The summed E-state index contributed by atoms with van der Waals surface area (Å²) in [6.07, 6.45) is 3.73. The monoisotopic (exact) mass is 243 g/mol. The van der Waals surface area contributed by atoms with E-state index in [2.05, 4.69) is 0 Å². The molecular weight excluding hydrogens is 229 g/mol. The van der Waals surface area contributed by atoms with E-state index in [0.29, 0.717) is 12.1 Å². The molecule has 16 heavy (non-hydrogen) atoms. The van der Waals surface area contributed by atoms with Gasteiger partial charge in [0.15, 0.2) is 0 Å². The molecule has 0 amide bonds. The van der Waals surface area contributed by atoms with Crippen molar-refractivity contribution in [1.82, 2.24) is 0 Å². The van der Waals surface area contributed by atoms with E-state index >= 15 is 0 Å². The molecule has 0 saturated heterocycles. The molecule has 1 aromatic carbocycles. The van der Waals surface area contributed by atoms with Gasteiger partial charge in [0.25, 0.3) is 0 Å². The van der Waals surface area contributed by atoms with Crippen molar-refractivity contribution in [1.29, 1.82) is 0 Å². The Bertz CT molecular complexity index is 402. The lowest BCUT2D eigenvalue weighted by Crippen LogP contribution is -2.33. The molecule has 0 spiro atoms. The van der Waals surface area contributed by atoms with E-state index in [9.17, 15) is 9.50 Å². The highest BCUT2D eigenvalue weighted by Gasteiger charge is 2.38. The van der Waals surface area contributed by atoms with Crippen molar-refractivity contribution >= 4 is 11.6 Å². The Morgan fingerprint density at radius 2 is 2.00 bits per heavy atom. The average molecular weight is 244 g/mol. The Morgan fingerprint density at radius 1 is 1.38 bits per heavy atom. The Hall–Kier alpha value is -0.800. The van der Waals surface area contributed by atoms with Crippen LogP contribution in [0.3, 0.4) is 0 Å². The Kier molecular flexibility index (Phi) is 3.08. The quantitative estimate of drug-likeness (QED) is 0.839. The van der Waals surface area contributed by atoms with Crippen LogP contribution in [0.1, 0.15) is 31.2 Å². The first-order valence-electron chi connectivity index (χ1n) is 5.48. The molecule has 88 valence electrons. The number of hydrogen-bond donors (Lipinski definition) is 2. The lowest BCUT2D eigenvalue weighted by Gasteiger charge is -2.29. The number of phenols is 1. The topological polar surface area (TPSA) is 46.2 Å². The minimum atomic E-state index is -0.389. The van der Waals surface area contributed by atoms with Crippen molar-refractivity contribution in [3.8, 4) is 5.75 Å². The molecular formula is C12H15ClFNO. The van der Waals surface area contributed by atoms with E-state index in [1.165, 1.54) is 12.1 Å². The largest absolute Gasteiger partial charge is 0.506 e. The van der Waals surface area contributed by atoms with Crippen molar-refractivity contribution in [3.63, 3.8) is 0 Å². The number of hydrogen-bond acceptors (Lipinski definition) is 2. The third-order valence-corrected chi connectivity index (χ3v) is 3.94. The van der Waals surface area contributed by atoms with Gasteiger partial charge in [0.2, 0.25) is 0 Å². The fraction of sp³-hybridized carbons (Fsp3) is 0.500. The summed E-state index contributed by atoms with van der Waals surface area (Å²) >= 11 is 6.00. The lowest BCUT2D eigenvalue weighted by molar-refractivity contribution is 0.417. The summed E-state index contributed by atoms with van der Waals surface area (Å²) < 4.78 is 13.9. The smallest absolute Gasteiger partial charge is 0.134 e. The number of benzene rings is 1. The van der Waals surface area contributed by atoms with Gasteiger partial charge >= 0.3 is 0 Å². The SMILES string of the molecule is NCC1(c2c(F)ccc(O)c2Cl)CCCC1. The molecule has 0 atom stereocenters. The maximum atomic E-state index is 13.9. The lowest BCUT2D eigenvalue weighted by atomic mass is 9.78. The van der Waals surface area contributed by atoms with Crippen LogP contribution < -0.4 is 5.73 Å². The van der Waals surface area contributed by atoms with Crippen LogP contribution in [0.25, 0.3) is 0 Å². The van der Waals surface area contributed by atoms with Crippen LogP contribution in [0.15, 0.2) is 12.1 Å². The normalized spacial score (nSPS) is 18.9. The molecule has 0 aromatic heterocycles. The standard InChI is InChI=1S/C12H15ClFNO/c13-11-9(16)4-3-8(14)10(11)12(7-15)5-1-2-6-12/h3-4,16H,1-2,5-7,15H2. The Labute approximate surface area is 99.2 Å². The van der Waals surface area contributed by atoms with E-state index in [4.69, 9.17) is 17.3 Å². The van der Waals surface area contributed by atoms with Crippen LogP contribution in [0.4, 0.5) is 4.39 Å². The second-order valence-corrected chi connectivity index (χ2v) is 4.83. The van der Waals surface area contributed by atoms with Crippen LogP contribution in [-0.4, -0.2) is 11.7 Å². The molecule has 0 bridgehead atoms. The summed E-state index contributed by atoms with van der Waals surface area (Å²) in [5.74, 6) is -0.437. The molecule has 1 fully saturated rings. The maximum absolute atomic E-state index is 13.9. The molecule has 0 unspecified atom stereocenters. The number of nitrogens with two attached hydrogens (primary N) is 1. The molecule has 1 aromatic rings. The van der Waals surface area contributed by atoms with Gasteiger partial charge in [-0.1, -0.05) is 24.4 Å². The second kappa shape index (κ2) is 4.22. The van der Waals surface area contributed by atoms with Gasteiger partial charge in [0.1, 0.15) is 11.6 Å². The molecule has 2 rings (SSSR count). The summed E-state index contributed by atoms with van der Waals surface area (Å²) in [4.78, 5) is 0. The third-order valence-electron chi connectivity index (χ3n) is 3.55. The van der Waals surface area contributed by atoms with E-state index < -0.39 is 0 Å². The summed E-state index contributed by atoms with van der Waals surface area (Å²) in [5, 5.41) is 9.67. The zero-order chi connectivity index (χ0) is 11.8. The third kappa shape index (κ3) is 1.68. The molecule has 1 aliphatic carbocycles. The highest BCUT2D eigenvalue weighted by Crippen LogP contribution is 2.46. The molecule has 3 N–H and O–H groups in total. The van der Waals surface area contributed by atoms with Crippen molar-refractivity contribution in [2.75, 3.05) is 6.54 Å². The van der Waals surface area contributed by atoms with Gasteiger partial charge in [-0.05, 0) is 25.0 Å². The van der Waals surface area contributed by atoms with Crippen molar-refractivity contribution in [2.45, 2.75) is 31.1 Å². The predicted octanol–water partition coefficient (Wildman–Crippen LogP) is 2.96. The van der Waals surface area contributed by atoms with E-state index in [0.717, 1.165) is 25.7 Å². The minimum Gasteiger partial charge on any atom is -0.506 e. The number of phenolic OH excluding ortho intramolecular Hbond substituents is 1. The zero-order valence-electron chi connectivity index (χ0n) is 8.97. The summed E-state index contributed by atoms with van der Waals surface area (Å²) in [6, 6.07) is 2.53. The van der Waals surface area contributed by atoms with Gasteiger partial charge in [0.05, 0.1) is 5.02 Å². The van der Waals surface area contributed by atoms with E-state index in [1.807, 2.05) is 0 Å². The van der Waals surface area contributed by atoms with Crippen LogP contribution in [0, 0.1) is 5.82 Å². The van der Waals surface area contributed by atoms with Gasteiger partial charge in [0, 0.05) is 17.5 Å². The Balaban J connectivity index is 2.57. The van der Waals surface area contributed by atoms with Gasteiger partial charge in [-0.2, -0.15) is 0 Å². The van der Waals surface area contributed by atoms with Crippen LogP contribution in [0.5, 0.6) is 5.75 Å².